The van der Waals surface area contributed by atoms with Crippen molar-refractivity contribution in [3.05, 3.63) is 11.7 Å². The first-order chi connectivity index (χ1) is 7.90. The first kappa shape index (κ1) is 11.6. The Balaban J connectivity index is 1.94. The molecule has 1 N–H and O–H groups in total. The average Bonchev–Trinajstić information content (AvgIpc) is 2.60. The number of unbranched alkanes of at least 4 members (excludes halogenated alkanes) is 1. The lowest BCUT2D eigenvalue weighted by Crippen LogP contribution is -2.21. The number of aromatic nitrogens is 2. The SMILES string of the molecule is CCCCc1nc(C2CCCCCN2)no1. The average molecular weight is 223 g/mol. The molecule has 1 aromatic rings. The van der Waals surface area contributed by atoms with E-state index in [9.17, 15) is 0 Å². The van der Waals surface area contributed by atoms with Gasteiger partial charge in [-0.3, -0.25) is 0 Å². The minimum absolute atomic E-state index is 0.307. The maximum Gasteiger partial charge on any atom is 0.226 e. The van der Waals surface area contributed by atoms with Crippen LogP contribution in [0.5, 0.6) is 0 Å². The molecule has 4 heteroatoms. The molecule has 1 aromatic heterocycles. The summed E-state index contributed by atoms with van der Waals surface area (Å²) in [5.74, 6) is 1.65. The predicted octanol–water partition coefficient (Wildman–Crippen LogP) is 2.62. The molecule has 1 aliphatic heterocycles. The van der Waals surface area contributed by atoms with E-state index in [0.29, 0.717) is 6.04 Å². The third-order valence-electron chi connectivity index (χ3n) is 3.10. The highest BCUT2D eigenvalue weighted by Gasteiger charge is 2.18. The molecule has 0 spiro atoms. The van der Waals surface area contributed by atoms with Gasteiger partial charge in [0.05, 0.1) is 6.04 Å². The topological polar surface area (TPSA) is 51.0 Å². The molecule has 1 unspecified atom stereocenters. The van der Waals surface area contributed by atoms with E-state index in [2.05, 4.69) is 22.4 Å². The number of hydrogen-bond acceptors (Lipinski definition) is 4. The van der Waals surface area contributed by atoms with Crippen molar-refractivity contribution < 1.29 is 4.52 Å². The Kier molecular flexibility index (Phi) is 4.34. The van der Waals surface area contributed by atoms with Gasteiger partial charge in [0.2, 0.25) is 5.89 Å². The van der Waals surface area contributed by atoms with Gasteiger partial charge >= 0.3 is 0 Å². The molecule has 1 aliphatic rings. The highest BCUT2D eigenvalue weighted by molar-refractivity contribution is 4.95. The van der Waals surface area contributed by atoms with E-state index < -0.39 is 0 Å². The predicted molar refractivity (Wildman–Crippen MR) is 62.1 cm³/mol. The molecule has 0 amide bonds. The second kappa shape index (κ2) is 5.99. The van der Waals surface area contributed by atoms with E-state index in [-0.39, 0.29) is 0 Å². The number of hydrogen-bond donors (Lipinski definition) is 1. The largest absolute Gasteiger partial charge is 0.339 e. The maximum absolute atomic E-state index is 5.26. The molecule has 2 rings (SSSR count). The molecule has 16 heavy (non-hydrogen) atoms. The van der Waals surface area contributed by atoms with E-state index in [0.717, 1.165) is 37.5 Å². The van der Waals surface area contributed by atoms with Crippen molar-refractivity contribution >= 4 is 0 Å². The van der Waals surface area contributed by atoms with Crippen LogP contribution < -0.4 is 5.32 Å². The summed E-state index contributed by atoms with van der Waals surface area (Å²) in [5, 5.41) is 7.57. The van der Waals surface area contributed by atoms with Gasteiger partial charge in [-0.05, 0) is 25.8 Å². The van der Waals surface area contributed by atoms with Crippen LogP contribution >= 0.6 is 0 Å². The van der Waals surface area contributed by atoms with Gasteiger partial charge in [0, 0.05) is 6.42 Å². The molecule has 1 saturated heterocycles. The zero-order valence-corrected chi connectivity index (χ0v) is 10.0. The number of aryl methyl sites for hydroxylation is 1. The summed E-state index contributed by atoms with van der Waals surface area (Å²) in [4.78, 5) is 4.47. The van der Waals surface area contributed by atoms with Crippen molar-refractivity contribution in [1.82, 2.24) is 15.5 Å². The van der Waals surface area contributed by atoms with Gasteiger partial charge in [-0.15, -0.1) is 0 Å². The Morgan fingerprint density at radius 2 is 2.31 bits per heavy atom. The highest BCUT2D eigenvalue weighted by atomic mass is 16.5. The fourth-order valence-electron chi connectivity index (χ4n) is 2.09. The summed E-state index contributed by atoms with van der Waals surface area (Å²) in [6.07, 6.45) is 8.17. The molecule has 1 atom stereocenters. The quantitative estimate of drug-likeness (QED) is 0.852. The molecular formula is C12H21N3O. The maximum atomic E-state index is 5.26. The van der Waals surface area contributed by atoms with Gasteiger partial charge in [-0.2, -0.15) is 4.98 Å². The van der Waals surface area contributed by atoms with Gasteiger partial charge < -0.3 is 9.84 Å². The van der Waals surface area contributed by atoms with Crippen molar-refractivity contribution in [3.63, 3.8) is 0 Å². The lowest BCUT2D eigenvalue weighted by atomic mass is 10.1. The molecule has 0 aromatic carbocycles. The molecule has 4 nitrogen and oxygen atoms in total. The molecule has 0 aliphatic carbocycles. The molecule has 0 saturated carbocycles. The van der Waals surface area contributed by atoms with Crippen LogP contribution in [0.15, 0.2) is 4.52 Å². The fraction of sp³-hybridized carbons (Fsp3) is 0.833. The van der Waals surface area contributed by atoms with Gasteiger partial charge in [0.25, 0.3) is 0 Å². The van der Waals surface area contributed by atoms with Gasteiger partial charge in [0.15, 0.2) is 5.82 Å². The minimum atomic E-state index is 0.307. The van der Waals surface area contributed by atoms with Gasteiger partial charge in [-0.1, -0.05) is 31.3 Å². The van der Waals surface area contributed by atoms with E-state index in [1.165, 1.54) is 25.7 Å². The van der Waals surface area contributed by atoms with Crippen LogP contribution in [0.2, 0.25) is 0 Å². The third-order valence-corrected chi connectivity index (χ3v) is 3.10. The van der Waals surface area contributed by atoms with Gasteiger partial charge in [-0.25, -0.2) is 0 Å². The number of rotatable bonds is 4. The summed E-state index contributed by atoms with van der Waals surface area (Å²) in [7, 11) is 0. The second-order valence-electron chi connectivity index (χ2n) is 4.51. The van der Waals surface area contributed by atoms with Crippen LogP contribution in [-0.2, 0) is 6.42 Å². The highest BCUT2D eigenvalue weighted by Crippen LogP contribution is 2.20. The first-order valence-corrected chi connectivity index (χ1v) is 6.46. The fourth-order valence-corrected chi connectivity index (χ4v) is 2.09. The van der Waals surface area contributed by atoms with E-state index in [4.69, 9.17) is 4.52 Å². The third kappa shape index (κ3) is 3.04. The number of nitrogens with zero attached hydrogens (tertiary/aromatic N) is 2. The number of nitrogens with one attached hydrogen (secondary N) is 1. The van der Waals surface area contributed by atoms with Crippen LogP contribution in [0, 0.1) is 0 Å². The molecule has 0 bridgehead atoms. The summed E-state index contributed by atoms with van der Waals surface area (Å²) in [5.41, 5.74) is 0. The van der Waals surface area contributed by atoms with Crippen molar-refractivity contribution in [2.24, 2.45) is 0 Å². The second-order valence-corrected chi connectivity index (χ2v) is 4.51. The Bertz CT molecular complexity index is 303. The molecule has 2 heterocycles. The molecule has 0 radical (unpaired) electrons. The normalized spacial score (nSPS) is 21.9. The monoisotopic (exact) mass is 223 g/mol. The van der Waals surface area contributed by atoms with Crippen LogP contribution in [0.3, 0.4) is 0 Å². The van der Waals surface area contributed by atoms with Crippen molar-refractivity contribution in [3.8, 4) is 0 Å². The lowest BCUT2D eigenvalue weighted by Gasteiger charge is -2.09. The van der Waals surface area contributed by atoms with Crippen molar-refractivity contribution in [1.29, 1.82) is 0 Å². The summed E-state index contributed by atoms with van der Waals surface area (Å²) >= 11 is 0. The Morgan fingerprint density at radius 3 is 3.19 bits per heavy atom. The van der Waals surface area contributed by atoms with Crippen LogP contribution in [0.1, 0.15) is 63.2 Å². The Morgan fingerprint density at radius 1 is 1.38 bits per heavy atom. The van der Waals surface area contributed by atoms with Crippen LogP contribution in [0.25, 0.3) is 0 Å². The zero-order chi connectivity index (χ0) is 11.2. The molecule has 90 valence electrons. The van der Waals surface area contributed by atoms with Crippen LogP contribution in [0.4, 0.5) is 0 Å². The summed E-state index contributed by atoms with van der Waals surface area (Å²) in [6.45, 7) is 3.24. The molecule has 1 fully saturated rings. The van der Waals surface area contributed by atoms with E-state index in [1.54, 1.807) is 0 Å². The Labute approximate surface area is 96.8 Å². The lowest BCUT2D eigenvalue weighted by molar-refractivity contribution is 0.361. The van der Waals surface area contributed by atoms with E-state index >= 15 is 0 Å². The smallest absolute Gasteiger partial charge is 0.226 e. The van der Waals surface area contributed by atoms with Crippen molar-refractivity contribution in [2.75, 3.05) is 6.54 Å². The first-order valence-electron chi connectivity index (χ1n) is 6.46. The summed E-state index contributed by atoms with van der Waals surface area (Å²) in [6, 6.07) is 0.307. The Hall–Kier alpha value is -0.900. The zero-order valence-electron chi connectivity index (χ0n) is 10.0. The van der Waals surface area contributed by atoms with Crippen LogP contribution in [-0.4, -0.2) is 16.7 Å². The summed E-state index contributed by atoms with van der Waals surface area (Å²) < 4.78 is 5.26. The standard InChI is InChI=1S/C12H21N3O/c1-2-3-8-11-14-12(15-16-11)10-7-5-4-6-9-13-10/h10,13H,2-9H2,1H3. The van der Waals surface area contributed by atoms with Crippen molar-refractivity contribution in [2.45, 2.75) is 57.9 Å². The molecular weight excluding hydrogens is 202 g/mol. The van der Waals surface area contributed by atoms with E-state index in [1.807, 2.05) is 0 Å². The van der Waals surface area contributed by atoms with Gasteiger partial charge in [0.1, 0.15) is 0 Å². The minimum Gasteiger partial charge on any atom is -0.339 e.